The van der Waals surface area contributed by atoms with Crippen molar-refractivity contribution in [3.63, 3.8) is 0 Å². The van der Waals surface area contributed by atoms with Gasteiger partial charge in [-0.3, -0.25) is 0 Å². The van der Waals surface area contributed by atoms with Crippen molar-refractivity contribution in [1.29, 1.82) is 0 Å². The average Bonchev–Trinajstić information content (AvgIpc) is 2.65. The highest BCUT2D eigenvalue weighted by Crippen LogP contribution is 2.14. The molecule has 0 radical (unpaired) electrons. The van der Waals surface area contributed by atoms with Crippen LogP contribution in [0.5, 0.6) is 0 Å². The fraction of sp³-hybridized carbons (Fsp3) is 0.636. The van der Waals surface area contributed by atoms with E-state index in [1.54, 1.807) is 24.3 Å². The molecule has 0 aliphatic carbocycles. The summed E-state index contributed by atoms with van der Waals surface area (Å²) < 4.78 is 10.9. The van der Waals surface area contributed by atoms with Crippen LogP contribution in [0.1, 0.15) is 99.3 Å². The molecule has 1 aromatic rings. The number of benzene rings is 1. The van der Waals surface area contributed by atoms with E-state index in [0.717, 1.165) is 38.5 Å². The Hall–Kier alpha value is -1.84. The number of carbonyl (C=O) groups is 2. The summed E-state index contributed by atoms with van der Waals surface area (Å²) in [5, 5.41) is 0. The molecule has 26 heavy (non-hydrogen) atoms. The highest BCUT2D eigenvalue weighted by atomic mass is 16.5. The van der Waals surface area contributed by atoms with Crippen molar-refractivity contribution < 1.29 is 19.1 Å². The van der Waals surface area contributed by atoms with Crippen molar-refractivity contribution in [2.45, 2.75) is 84.7 Å². The maximum Gasteiger partial charge on any atom is 0.338 e. The lowest BCUT2D eigenvalue weighted by molar-refractivity contribution is 0.0257. The number of unbranched alkanes of at least 4 members (excludes halogenated alkanes) is 4. The molecule has 0 spiro atoms. The molecule has 0 fully saturated rings. The minimum absolute atomic E-state index is 0.0325. The molecular weight excluding hydrogens is 328 g/mol. The van der Waals surface area contributed by atoms with Gasteiger partial charge in [0.25, 0.3) is 0 Å². The van der Waals surface area contributed by atoms with E-state index < -0.39 is 0 Å². The first-order chi connectivity index (χ1) is 12.6. The second-order valence-electron chi connectivity index (χ2n) is 6.73. The number of hydrogen-bond acceptors (Lipinski definition) is 4. The molecule has 4 nitrogen and oxygen atoms in total. The number of rotatable bonds is 13. The van der Waals surface area contributed by atoms with Gasteiger partial charge in [0.15, 0.2) is 0 Å². The minimum atomic E-state index is -0.338. The molecule has 4 heteroatoms. The molecular formula is C22H34O4. The lowest BCUT2D eigenvalue weighted by Crippen LogP contribution is -2.18. The summed E-state index contributed by atoms with van der Waals surface area (Å²) >= 11 is 0. The van der Waals surface area contributed by atoms with Gasteiger partial charge in [-0.2, -0.15) is 0 Å². The van der Waals surface area contributed by atoms with E-state index in [4.69, 9.17) is 9.47 Å². The summed E-state index contributed by atoms with van der Waals surface area (Å²) in [7, 11) is 0. The molecule has 1 rings (SSSR count). The van der Waals surface area contributed by atoms with Crippen LogP contribution < -0.4 is 0 Å². The van der Waals surface area contributed by atoms with Crippen LogP contribution >= 0.6 is 0 Å². The highest BCUT2D eigenvalue weighted by molar-refractivity contribution is 5.93. The van der Waals surface area contributed by atoms with Crippen LogP contribution in [0.3, 0.4) is 0 Å². The molecule has 0 N–H and O–H groups in total. The predicted octanol–water partition coefficient (Wildman–Crippen LogP) is 5.94. The maximum atomic E-state index is 12.2. The largest absolute Gasteiger partial charge is 0.462 e. The van der Waals surface area contributed by atoms with E-state index in [9.17, 15) is 9.59 Å². The first-order valence-electron chi connectivity index (χ1n) is 10.1. The normalized spacial score (nSPS) is 10.8. The van der Waals surface area contributed by atoms with Gasteiger partial charge < -0.3 is 9.47 Å². The van der Waals surface area contributed by atoms with Crippen LogP contribution in [0.25, 0.3) is 0 Å². The fourth-order valence-corrected chi connectivity index (χ4v) is 2.82. The summed E-state index contributed by atoms with van der Waals surface area (Å²) in [5.41, 5.74) is 0.937. The van der Waals surface area contributed by atoms with Gasteiger partial charge in [0, 0.05) is 0 Å². The number of esters is 2. The molecule has 0 atom stereocenters. The van der Waals surface area contributed by atoms with E-state index in [1.165, 1.54) is 19.3 Å². The molecule has 0 aromatic heterocycles. The number of ether oxygens (including phenoxy) is 2. The Kier molecular flexibility index (Phi) is 11.4. The van der Waals surface area contributed by atoms with E-state index in [-0.39, 0.29) is 18.0 Å². The Morgan fingerprint density at radius 1 is 0.769 bits per heavy atom. The third-order valence-electron chi connectivity index (χ3n) is 4.33. The SMILES string of the molecule is CCCCCCCOC(=O)c1ccc(C(=O)OC(CCC)CCC)cc1. The van der Waals surface area contributed by atoms with Gasteiger partial charge in [0.2, 0.25) is 0 Å². The Labute approximate surface area is 158 Å². The van der Waals surface area contributed by atoms with Gasteiger partial charge in [0.1, 0.15) is 6.10 Å². The first-order valence-corrected chi connectivity index (χ1v) is 10.1. The van der Waals surface area contributed by atoms with E-state index in [1.807, 2.05) is 0 Å². The Balaban J connectivity index is 2.46. The minimum Gasteiger partial charge on any atom is -0.462 e. The summed E-state index contributed by atoms with van der Waals surface area (Å²) in [6.07, 6.45) is 9.29. The van der Waals surface area contributed by atoms with Gasteiger partial charge in [-0.15, -0.1) is 0 Å². The quantitative estimate of drug-likeness (QED) is 0.322. The van der Waals surface area contributed by atoms with Crippen LogP contribution in [-0.4, -0.2) is 24.6 Å². The third kappa shape index (κ3) is 8.50. The maximum absolute atomic E-state index is 12.2. The first kappa shape index (κ1) is 22.2. The lowest BCUT2D eigenvalue weighted by Gasteiger charge is -2.16. The Morgan fingerprint density at radius 3 is 1.85 bits per heavy atom. The van der Waals surface area contributed by atoms with Crippen molar-refractivity contribution >= 4 is 11.9 Å². The lowest BCUT2D eigenvalue weighted by atomic mass is 10.1. The smallest absolute Gasteiger partial charge is 0.338 e. The highest BCUT2D eigenvalue weighted by Gasteiger charge is 2.15. The molecule has 0 amide bonds. The second kappa shape index (κ2) is 13.4. The monoisotopic (exact) mass is 362 g/mol. The van der Waals surface area contributed by atoms with Crippen molar-refractivity contribution in [2.24, 2.45) is 0 Å². The van der Waals surface area contributed by atoms with Crippen molar-refractivity contribution in [1.82, 2.24) is 0 Å². The predicted molar refractivity (Wildman–Crippen MR) is 105 cm³/mol. The summed E-state index contributed by atoms with van der Waals surface area (Å²) in [4.78, 5) is 24.3. The summed E-state index contributed by atoms with van der Waals surface area (Å²) in [5.74, 6) is -0.664. The Morgan fingerprint density at radius 2 is 1.31 bits per heavy atom. The van der Waals surface area contributed by atoms with E-state index in [0.29, 0.717) is 17.7 Å². The molecule has 1 aromatic carbocycles. The van der Waals surface area contributed by atoms with Crippen LogP contribution in [-0.2, 0) is 9.47 Å². The standard InChI is InChI=1S/C22H34O4/c1-4-7-8-9-10-17-25-21(23)18-13-15-19(16-14-18)22(24)26-20(11-5-2)12-6-3/h13-16,20H,4-12,17H2,1-3H3. The zero-order chi connectivity index (χ0) is 19.2. The molecule has 0 aliphatic heterocycles. The zero-order valence-electron chi connectivity index (χ0n) is 16.6. The third-order valence-corrected chi connectivity index (χ3v) is 4.33. The van der Waals surface area contributed by atoms with Crippen LogP contribution in [0, 0.1) is 0 Å². The van der Waals surface area contributed by atoms with E-state index in [2.05, 4.69) is 20.8 Å². The molecule has 0 saturated carbocycles. The molecule has 0 bridgehead atoms. The van der Waals surface area contributed by atoms with Crippen LogP contribution in [0.4, 0.5) is 0 Å². The van der Waals surface area contributed by atoms with Crippen molar-refractivity contribution in [3.8, 4) is 0 Å². The van der Waals surface area contributed by atoms with Crippen LogP contribution in [0.15, 0.2) is 24.3 Å². The van der Waals surface area contributed by atoms with Gasteiger partial charge in [-0.1, -0.05) is 59.3 Å². The van der Waals surface area contributed by atoms with Crippen molar-refractivity contribution in [2.75, 3.05) is 6.61 Å². The average molecular weight is 363 g/mol. The molecule has 0 aliphatic rings. The van der Waals surface area contributed by atoms with Gasteiger partial charge in [0.05, 0.1) is 17.7 Å². The zero-order valence-corrected chi connectivity index (χ0v) is 16.6. The van der Waals surface area contributed by atoms with Gasteiger partial charge in [-0.25, -0.2) is 9.59 Å². The van der Waals surface area contributed by atoms with Crippen LogP contribution in [0.2, 0.25) is 0 Å². The van der Waals surface area contributed by atoms with Gasteiger partial charge >= 0.3 is 11.9 Å². The molecule has 146 valence electrons. The summed E-state index contributed by atoms with van der Waals surface area (Å²) in [6, 6.07) is 6.53. The van der Waals surface area contributed by atoms with E-state index >= 15 is 0 Å². The Bertz CT molecular complexity index is 515. The number of hydrogen-bond donors (Lipinski definition) is 0. The molecule has 0 heterocycles. The second-order valence-corrected chi connectivity index (χ2v) is 6.73. The summed E-state index contributed by atoms with van der Waals surface area (Å²) in [6.45, 7) is 6.79. The molecule has 0 saturated heterocycles. The fourth-order valence-electron chi connectivity index (χ4n) is 2.82. The number of carbonyl (C=O) groups excluding carboxylic acids is 2. The van der Waals surface area contributed by atoms with Crippen molar-refractivity contribution in [3.05, 3.63) is 35.4 Å². The topological polar surface area (TPSA) is 52.6 Å². The molecule has 0 unspecified atom stereocenters. The van der Waals surface area contributed by atoms with Gasteiger partial charge in [-0.05, 0) is 43.5 Å².